The predicted molar refractivity (Wildman–Crippen MR) is 72.2 cm³/mol. The number of thiophene rings is 1. The molecule has 1 aromatic heterocycles. The van der Waals surface area contributed by atoms with E-state index in [1.807, 2.05) is 6.92 Å². The summed E-state index contributed by atoms with van der Waals surface area (Å²) in [6.45, 7) is 1.93. The molecule has 0 amide bonds. The molecule has 1 atom stereocenters. The Kier molecular flexibility index (Phi) is 3.88. The zero-order valence-electron chi connectivity index (χ0n) is 8.88. The van der Waals surface area contributed by atoms with Crippen LogP contribution in [0.4, 0.5) is 4.39 Å². The first-order valence-electron chi connectivity index (χ1n) is 4.88. The minimum atomic E-state index is -0.983. The standard InChI is InChI=1S/C12H9BrClFOS/c1-6-8(13)5-10(17-6)12(16)7-3-2-4-9(14)11(7)15/h2-5,12,16H,1H3. The van der Waals surface area contributed by atoms with Gasteiger partial charge in [-0.1, -0.05) is 23.7 Å². The zero-order chi connectivity index (χ0) is 12.6. The topological polar surface area (TPSA) is 20.2 Å². The highest BCUT2D eigenvalue weighted by Crippen LogP contribution is 2.35. The first-order chi connectivity index (χ1) is 8.00. The molecule has 17 heavy (non-hydrogen) atoms. The fraction of sp³-hybridized carbons (Fsp3) is 0.167. The van der Waals surface area contributed by atoms with E-state index in [1.54, 1.807) is 12.1 Å². The highest BCUT2D eigenvalue weighted by Gasteiger charge is 2.19. The second-order valence-electron chi connectivity index (χ2n) is 3.60. The van der Waals surface area contributed by atoms with E-state index >= 15 is 0 Å². The van der Waals surface area contributed by atoms with Gasteiger partial charge >= 0.3 is 0 Å². The lowest BCUT2D eigenvalue weighted by Crippen LogP contribution is -2.00. The quantitative estimate of drug-likeness (QED) is 0.844. The van der Waals surface area contributed by atoms with Gasteiger partial charge in [0.05, 0.1) is 5.02 Å². The molecule has 0 aliphatic heterocycles. The van der Waals surface area contributed by atoms with Crippen LogP contribution >= 0.6 is 38.9 Å². The van der Waals surface area contributed by atoms with Crippen LogP contribution in [0.5, 0.6) is 0 Å². The Morgan fingerprint density at radius 2 is 2.18 bits per heavy atom. The minimum absolute atomic E-state index is 0.0221. The summed E-state index contributed by atoms with van der Waals surface area (Å²) in [5.74, 6) is -0.566. The molecule has 0 bridgehead atoms. The molecule has 1 heterocycles. The van der Waals surface area contributed by atoms with Crippen LogP contribution in [-0.4, -0.2) is 5.11 Å². The summed E-state index contributed by atoms with van der Waals surface area (Å²) >= 11 is 10.5. The lowest BCUT2D eigenvalue weighted by Gasteiger charge is -2.10. The van der Waals surface area contributed by atoms with Gasteiger partial charge in [0.25, 0.3) is 0 Å². The SMILES string of the molecule is Cc1sc(C(O)c2cccc(Cl)c2F)cc1Br. The Hall–Kier alpha value is -0.420. The molecule has 1 N–H and O–H groups in total. The maximum absolute atomic E-state index is 13.7. The number of aliphatic hydroxyl groups excluding tert-OH is 1. The van der Waals surface area contributed by atoms with Crippen LogP contribution in [-0.2, 0) is 0 Å². The highest BCUT2D eigenvalue weighted by atomic mass is 79.9. The Morgan fingerprint density at radius 3 is 2.76 bits per heavy atom. The van der Waals surface area contributed by atoms with Crippen molar-refractivity contribution in [2.75, 3.05) is 0 Å². The van der Waals surface area contributed by atoms with Crippen LogP contribution in [0.15, 0.2) is 28.7 Å². The van der Waals surface area contributed by atoms with Gasteiger partial charge in [0.15, 0.2) is 0 Å². The largest absolute Gasteiger partial charge is 0.383 e. The molecule has 1 unspecified atom stereocenters. The Balaban J connectivity index is 2.43. The lowest BCUT2D eigenvalue weighted by atomic mass is 10.1. The summed E-state index contributed by atoms with van der Waals surface area (Å²) in [6.07, 6.45) is -0.983. The highest BCUT2D eigenvalue weighted by molar-refractivity contribution is 9.10. The number of halogens is 3. The maximum Gasteiger partial charge on any atom is 0.147 e. The van der Waals surface area contributed by atoms with Gasteiger partial charge in [-0.2, -0.15) is 0 Å². The van der Waals surface area contributed by atoms with E-state index in [1.165, 1.54) is 23.5 Å². The Bertz CT molecular complexity index is 536. The molecule has 0 fully saturated rings. The summed E-state index contributed by atoms with van der Waals surface area (Å²) in [5.41, 5.74) is 0.200. The maximum atomic E-state index is 13.7. The number of aliphatic hydroxyl groups is 1. The number of hydrogen-bond donors (Lipinski definition) is 1. The average Bonchev–Trinajstić information content (AvgIpc) is 2.62. The fourth-order valence-corrected chi connectivity index (χ4v) is 3.25. The summed E-state index contributed by atoms with van der Waals surface area (Å²) < 4.78 is 14.7. The Morgan fingerprint density at radius 1 is 1.47 bits per heavy atom. The number of benzene rings is 1. The molecular formula is C12H9BrClFOS. The van der Waals surface area contributed by atoms with Crippen LogP contribution in [0.2, 0.25) is 5.02 Å². The van der Waals surface area contributed by atoms with E-state index in [4.69, 9.17) is 11.6 Å². The summed E-state index contributed by atoms with van der Waals surface area (Å²) in [7, 11) is 0. The smallest absolute Gasteiger partial charge is 0.147 e. The lowest BCUT2D eigenvalue weighted by molar-refractivity contribution is 0.219. The monoisotopic (exact) mass is 334 g/mol. The Labute approximate surface area is 116 Å². The van der Waals surface area contributed by atoms with Gasteiger partial charge in [-0.25, -0.2) is 4.39 Å². The van der Waals surface area contributed by atoms with Crippen molar-refractivity contribution in [1.82, 2.24) is 0 Å². The molecular weight excluding hydrogens is 327 g/mol. The molecule has 0 spiro atoms. The van der Waals surface area contributed by atoms with Gasteiger partial charge in [0, 0.05) is 19.8 Å². The van der Waals surface area contributed by atoms with E-state index in [0.717, 1.165) is 9.35 Å². The molecule has 0 radical (unpaired) electrons. The molecule has 2 rings (SSSR count). The average molecular weight is 336 g/mol. The third-order valence-corrected chi connectivity index (χ3v) is 4.90. The van der Waals surface area contributed by atoms with Gasteiger partial charge in [-0.15, -0.1) is 11.3 Å². The summed E-state index contributed by atoms with van der Waals surface area (Å²) in [4.78, 5) is 1.73. The number of rotatable bonds is 2. The van der Waals surface area contributed by atoms with Gasteiger partial charge in [-0.05, 0) is 35.0 Å². The molecule has 1 nitrogen and oxygen atoms in total. The fourth-order valence-electron chi connectivity index (χ4n) is 1.50. The van der Waals surface area contributed by atoms with E-state index < -0.39 is 11.9 Å². The first-order valence-corrected chi connectivity index (χ1v) is 6.87. The van der Waals surface area contributed by atoms with Gasteiger partial charge in [-0.3, -0.25) is 0 Å². The van der Waals surface area contributed by atoms with Crippen molar-refractivity contribution in [1.29, 1.82) is 0 Å². The van der Waals surface area contributed by atoms with E-state index in [9.17, 15) is 9.50 Å². The van der Waals surface area contributed by atoms with Gasteiger partial charge < -0.3 is 5.11 Å². The second-order valence-corrected chi connectivity index (χ2v) is 6.15. The molecule has 0 saturated carbocycles. The van der Waals surface area contributed by atoms with E-state index in [2.05, 4.69) is 15.9 Å². The molecule has 5 heteroatoms. The van der Waals surface area contributed by atoms with Crippen molar-refractivity contribution < 1.29 is 9.50 Å². The van der Waals surface area contributed by atoms with Crippen molar-refractivity contribution in [3.8, 4) is 0 Å². The van der Waals surface area contributed by atoms with Crippen LogP contribution in [0.3, 0.4) is 0 Å². The summed E-state index contributed by atoms with van der Waals surface area (Å²) in [6, 6.07) is 6.42. The van der Waals surface area contributed by atoms with Crippen LogP contribution < -0.4 is 0 Å². The molecule has 0 saturated heterocycles. The van der Waals surface area contributed by atoms with Crippen molar-refractivity contribution in [2.24, 2.45) is 0 Å². The predicted octanol–water partition coefficient (Wildman–Crippen LogP) is 4.69. The minimum Gasteiger partial charge on any atom is -0.383 e. The van der Waals surface area contributed by atoms with Crippen LogP contribution in [0.25, 0.3) is 0 Å². The van der Waals surface area contributed by atoms with Crippen molar-refractivity contribution in [2.45, 2.75) is 13.0 Å². The van der Waals surface area contributed by atoms with Crippen molar-refractivity contribution in [3.05, 3.63) is 54.9 Å². The first kappa shape index (κ1) is 13.0. The molecule has 1 aromatic carbocycles. The molecule has 90 valence electrons. The van der Waals surface area contributed by atoms with Gasteiger partial charge in [0.2, 0.25) is 0 Å². The molecule has 0 aliphatic rings. The normalized spacial score (nSPS) is 12.8. The van der Waals surface area contributed by atoms with E-state index in [0.29, 0.717) is 4.88 Å². The van der Waals surface area contributed by atoms with Crippen LogP contribution in [0, 0.1) is 12.7 Å². The van der Waals surface area contributed by atoms with Crippen molar-refractivity contribution >= 4 is 38.9 Å². The third kappa shape index (κ3) is 2.55. The third-order valence-electron chi connectivity index (χ3n) is 2.42. The number of hydrogen-bond acceptors (Lipinski definition) is 2. The summed E-state index contributed by atoms with van der Waals surface area (Å²) in [5, 5.41) is 10.1. The molecule has 2 aromatic rings. The zero-order valence-corrected chi connectivity index (χ0v) is 12.0. The van der Waals surface area contributed by atoms with Gasteiger partial charge in [0.1, 0.15) is 11.9 Å². The number of aryl methyl sites for hydroxylation is 1. The second kappa shape index (κ2) is 5.06. The van der Waals surface area contributed by atoms with E-state index in [-0.39, 0.29) is 10.6 Å². The molecule has 0 aliphatic carbocycles. The van der Waals surface area contributed by atoms with Crippen molar-refractivity contribution in [3.63, 3.8) is 0 Å². The van der Waals surface area contributed by atoms with Crippen LogP contribution in [0.1, 0.15) is 21.4 Å².